The van der Waals surface area contributed by atoms with Gasteiger partial charge in [-0.25, -0.2) is 13.1 Å². The van der Waals surface area contributed by atoms with Crippen molar-refractivity contribution in [3.8, 4) is 16.9 Å². The molecule has 2 aromatic carbocycles. The van der Waals surface area contributed by atoms with Crippen LogP contribution in [-0.4, -0.2) is 86.5 Å². The number of hydrogen-bond acceptors (Lipinski definition) is 7. The molecule has 194 valence electrons. The van der Waals surface area contributed by atoms with Crippen molar-refractivity contribution < 1.29 is 22.7 Å². The molecular weight excluding hydrogens is 516 g/mol. The average molecular weight is 543 g/mol. The van der Waals surface area contributed by atoms with Gasteiger partial charge < -0.3 is 14.4 Å². The Bertz CT molecular complexity index is 1440. The first kappa shape index (κ1) is 24.6. The van der Waals surface area contributed by atoms with Crippen LogP contribution >= 0.6 is 11.6 Å². The second kappa shape index (κ2) is 9.85. The fourth-order valence-electron chi connectivity index (χ4n) is 5.12. The van der Waals surface area contributed by atoms with Gasteiger partial charge in [-0.3, -0.25) is 9.69 Å². The normalized spacial score (nSPS) is 19.3. The minimum absolute atomic E-state index is 0.156. The van der Waals surface area contributed by atoms with Crippen molar-refractivity contribution in [1.82, 2.24) is 19.6 Å². The molecule has 2 fully saturated rings. The van der Waals surface area contributed by atoms with Gasteiger partial charge in [0.1, 0.15) is 0 Å². The lowest BCUT2D eigenvalue weighted by atomic mass is 10.0. The number of fused-ring (bicyclic) bond motifs is 3. The fourth-order valence-corrected chi connectivity index (χ4v) is 6.97. The quantitative estimate of drug-likeness (QED) is 0.500. The summed E-state index contributed by atoms with van der Waals surface area (Å²) in [4.78, 5) is 17.7. The van der Waals surface area contributed by atoms with Crippen molar-refractivity contribution in [3.63, 3.8) is 0 Å². The number of rotatable bonds is 4. The zero-order valence-corrected chi connectivity index (χ0v) is 21.8. The summed E-state index contributed by atoms with van der Waals surface area (Å²) >= 11 is 6.17. The van der Waals surface area contributed by atoms with E-state index < -0.39 is 9.84 Å². The van der Waals surface area contributed by atoms with Crippen LogP contribution in [0.4, 0.5) is 0 Å². The molecule has 0 atom stereocenters. The lowest BCUT2D eigenvalue weighted by Crippen LogP contribution is -2.41. The Kier molecular flexibility index (Phi) is 6.54. The molecule has 37 heavy (non-hydrogen) atoms. The van der Waals surface area contributed by atoms with E-state index in [1.165, 1.54) is 6.07 Å². The van der Waals surface area contributed by atoms with Gasteiger partial charge in [-0.1, -0.05) is 29.8 Å². The Balaban J connectivity index is 1.44. The molecule has 3 aliphatic heterocycles. The van der Waals surface area contributed by atoms with Crippen molar-refractivity contribution in [3.05, 3.63) is 64.3 Å². The first-order valence-electron chi connectivity index (χ1n) is 12.3. The number of benzene rings is 2. The summed E-state index contributed by atoms with van der Waals surface area (Å²) in [7, 11) is -3.71. The van der Waals surface area contributed by atoms with E-state index in [-0.39, 0.29) is 22.2 Å². The summed E-state index contributed by atoms with van der Waals surface area (Å²) < 4.78 is 39.1. The number of aromatic nitrogens is 2. The fraction of sp³-hybridized carbons (Fsp3) is 0.385. The lowest BCUT2D eigenvalue weighted by Gasteiger charge is -2.26. The van der Waals surface area contributed by atoms with Crippen LogP contribution in [0.2, 0.25) is 5.02 Å². The largest absolute Gasteiger partial charge is 0.379 e. The number of morpholine rings is 2. The van der Waals surface area contributed by atoms with Gasteiger partial charge in [0.05, 0.1) is 48.5 Å². The summed E-state index contributed by atoms with van der Waals surface area (Å²) in [6, 6.07) is 12.9. The molecule has 1 amide bonds. The second-order valence-corrected chi connectivity index (χ2v) is 11.8. The van der Waals surface area contributed by atoms with E-state index in [0.717, 1.165) is 44.1 Å². The summed E-state index contributed by atoms with van der Waals surface area (Å²) in [5.74, 6) is -0.592. The first-order valence-corrected chi connectivity index (χ1v) is 14.3. The van der Waals surface area contributed by atoms with E-state index in [1.807, 2.05) is 24.3 Å². The van der Waals surface area contributed by atoms with E-state index in [9.17, 15) is 13.2 Å². The Labute approximate surface area is 220 Å². The zero-order valence-electron chi connectivity index (χ0n) is 20.2. The molecule has 11 heteroatoms. The monoisotopic (exact) mass is 542 g/mol. The molecule has 0 spiro atoms. The molecule has 0 aliphatic carbocycles. The van der Waals surface area contributed by atoms with Crippen LogP contribution in [0.5, 0.6) is 0 Å². The van der Waals surface area contributed by atoms with Gasteiger partial charge in [0.2, 0.25) is 0 Å². The van der Waals surface area contributed by atoms with Crippen LogP contribution < -0.4 is 0 Å². The van der Waals surface area contributed by atoms with Crippen molar-refractivity contribution in [2.24, 2.45) is 0 Å². The van der Waals surface area contributed by atoms with Gasteiger partial charge in [-0.05, 0) is 29.8 Å². The highest BCUT2D eigenvalue weighted by atomic mass is 35.5. The van der Waals surface area contributed by atoms with E-state index in [1.54, 1.807) is 21.7 Å². The second-order valence-electron chi connectivity index (χ2n) is 9.45. The summed E-state index contributed by atoms with van der Waals surface area (Å²) in [6.45, 7) is 5.86. The minimum Gasteiger partial charge on any atom is -0.379 e. The highest BCUT2D eigenvalue weighted by molar-refractivity contribution is 7.91. The molecule has 4 heterocycles. The molecular formula is C26H27ClN4O5S. The molecule has 0 N–H and O–H groups in total. The van der Waals surface area contributed by atoms with Crippen LogP contribution in [0.15, 0.2) is 47.4 Å². The van der Waals surface area contributed by atoms with Crippen LogP contribution in [0.3, 0.4) is 0 Å². The molecule has 0 radical (unpaired) electrons. The Morgan fingerprint density at radius 1 is 0.946 bits per heavy atom. The van der Waals surface area contributed by atoms with Gasteiger partial charge in [0, 0.05) is 48.9 Å². The highest BCUT2D eigenvalue weighted by Gasteiger charge is 2.37. The van der Waals surface area contributed by atoms with E-state index in [2.05, 4.69) is 4.90 Å². The number of carbonyl (C=O) groups excluding carboxylic acids is 1. The molecule has 9 nitrogen and oxygen atoms in total. The Morgan fingerprint density at radius 2 is 1.62 bits per heavy atom. The predicted octanol–water partition coefficient (Wildman–Crippen LogP) is 2.78. The Morgan fingerprint density at radius 3 is 2.32 bits per heavy atom. The van der Waals surface area contributed by atoms with Crippen molar-refractivity contribution in [2.75, 3.05) is 52.6 Å². The lowest BCUT2D eigenvalue weighted by molar-refractivity contribution is 0.0298. The van der Waals surface area contributed by atoms with Crippen molar-refractivity contribution in [2.45, 2.75) is 17.2 Å². The maximum absolute atomic E-state index is 13.5. The standard InChI is InChI=1S/C26H27ClN4O5S/c27-19-3-6-21-23(15-19)37(33,34)17-22-24(26(32)30-9-13-36-14-10-30)28-31(25(21)22)20-4-1-18(2-5-20)16-29-7-11-35-12-8-29/h1-6,15H,7-14,16-17H2. The van der Waals surface area contributed by atoms with E-state index in [4.69, 9.17) is 26.2 Å². The molecule has 3 aromatic rings. The number of amides is 1. The molecule has 3 aliphatic rings. The van der Waals surface area contributed by atoms with Gasteiger partial charge in [0.15, 0.2) is 15.5 Å². The molecule has 2 saturated heterocycles. The smallest absolute Gasteiger partial charge is 0.274 e. The van der Waals surface area contributed by atoms with Gasteiger partial charge >= 0.3 is 0 Å². The summed E-state index contributed by atoms with van der Waals surface area (Å²) in [6.07, 6.45) is 0. The number of hydrogen-bond donors (Lipinski definition) is 0. The number of sulfone groups is 1. The van der Waals surface area contributed by atoms with Crippen molar-refractivity contribution in [1.29, 1.82) is 0 Å². The third-order valence-electron chi connectivity index (χ3n) is 7.04. The molecule has 0 saturated carbocycles. The van der Waals surface area contributed by atoms with Gasteiger partial charge in [0.25, 0.3) is 5.91 Å². The first-order chi connectivity index (χ1) is 17.9. The highest BCUT2D eigenvalue weighted by Crippen LogP contribution is 2.42. The van der Waals surface area contributed by atoms with Crippen LogP contribution in [0, 0.1) is 0 Å². The van der Waals surface area contributed by atoms with Crippen molar-refractivity contribution >= 4 is 27.3 Å². The average Bonchev–Trinajstić information content (AvgIpc) is 3.28. The molecule has 0 bridgehead atoms. The minimum atomic E-state index is -3.71. The number of ether oxygens (including phenoxy) is 2. The zero-order chi connectivity index (χ0) is 25.6. The van der Waals surface area contributed by atoms with E-state index >= 15 is 0 Å². The van der Waals surface area contributed by atoms with Crippen LogP contribution in [0.1, 0.15) is 21.6 Å². The topological polar surface area (TPSA) is 94.0 Å². The van der Waals surface area contributed by atoms with Crippen LogP contribution in [-0.2, 0) is 31.6 Å². The number of halogens is 1. The third kappa shape index (κ3) is 4.68. The summed E-state index contributed by atoms with van der Waals surface area (Å²) in [5.41, 5.74) is 3.60. The Hall–Kier alpha value is -2.76. The SMILES string of the molecule is O=C(c1nn(-c2ccc(CN3CCOCC3)cc2)c2c1CS(=O)(=O)c1cc(Cl)ccc1-2)N1CCOCC1. The molecule has 6 rings (SSSR count). The maximum Gasteiger partial charge on any atom is 0.274 e. The molecule has 1 aromatic heterocycles. The molecule has 0 unspecified atom stereocenters. The van der Waals surface area contributed by atoms with Gasteiger partial charge in [-0.2, -0.15) is 5.10 Å². The number of carbonyl (C=O) groups is 1. The summed E-state index contributed by atoms with van der Waals surface area (Å²) in [5, 5.41) is 5.07. The van der Waals surface area contributed by atoms with Gasteiger partial charge in [-0.15, -0.1) is 0 Å². The third-order valence-corrected chi connectivity index (χ3v) is 8.96. The van der Waals surface area contributed by atoms with Crippen LogP contribution in [0.25, 0.3) is 16.9 Å². The number of nitrogens with zero attached hydrogens (tertiary/aromatic N) is 4. The van der Waals surface area contributed by atoms with E-state index in [0.29, 0.717) is 48.1 Å². The maximum atomic E-state index is 13.5. The predicted molar refractivity (Wildman–Crippen MR) is 138 cm³/mol.